The van der Waals surface area contributed by atoms with Gasteiger partial charge < -0.3 is 10.5 Å². The summed E-state index contributed by atoms with van der Waals surface area (Å²) in [6.07, 6.45) is 0. The summed E-state index contributed by atoms with van der Waals surface area (Å²) in [6, 6.07) is 5.68. The minimum Gasteiger partial charge on any atom is -0.423 e. The summed E-state index contributed by atoms with van der Waals surface area (Å²) in [5, 5.41) is 0. The lowest BCUT2D eigenvalue weighted by atomic mass is 10.3. The number of nitrogens with zero attached hydrogens (tertiary/aromatic N) is 2. The Hall–Kier alpha value is -1.21. The quantitative estimate of drug-likeness (QED) is 0.830. The average molecular weight is 363 g/mol. The van der Waals surface area contributed by atoms with Crippen LogP contribution in [0.15, 0.2) is 33.3 Å². The number of anilines is 1. The number of nitrogen functional groups attached to an aromatic ring is 1. The summed E-state index contributed by atoms with van der Waals surface area (Å²) >= 11 is 6.35. The standard InChI is InChI=1S/C10H6Br2FN3O/c11-6-3-5(13)1-2-7(6)17-10-15-8(12)4-9(14)16-10/h1-4H,(H2,14,15,16). The first-order chi connectivity index (χ1) is 8.04. The number of benzene rings is 1. The van der Waals surface area contributed by atoms with Crippen molar-refractivity contribution in [2.24, 2.45) is 0 Å². The summed E-state index contributed by atoms with van der Waals surface area (Å²) in [7, 11) is 0. The Balaban J connectivity index is 2.31. The molecule has 0 atom stereocenters. The molecular weight excluding hydrogens is 357 g/mol. The summed E-state index contributed by atoms with van der Waals surface area (Å²) < 4.78 is 19.2. The molecule has 2 N–H and O–H groups in total. The van der Waals surface area contributed by atoms with Gasteiger partial charge in [0.15, 0.2) is 0 Å². The van der Waals surface area contributed by atoms with Crippen molar-refractivity contribution in [2.45, 2.75) is 0 Å². The van der Waals surface area contributed by atoms with Gasteiger partial charge in [-0.2, -0.15) is 9.97 Å². The zero-order valence-electron chi connectivity index (χ0n) is 8.32. The van der Waals surface area contributed by atoms with Crippen molar-refractivity contribution in [2.75, 3.05) is 5.73 Å². The molecular formula is C10H6Br2FN3O. The third kappa shape index (κ3) is 3.13. The van der Waals surface area contributed by atoms with E-state index in [1.165, 1.54) is 18.2 Å². The number of halogens is 3. The Morgan fingerprint density at radius 3 is 2.59 bits per heavy atom. The van der Waals surface area contributed by atoms with Gasteiger partial charge in [-0.3, -0.25) is 0 Å². The molecule has 0 aliphatic carbocycles. The third-order valence-corrected chi connectivity index (χ3v) is 2.82. The van der Waals surface area contributed by atoms with E-state index in [4.69, 9.17) is 10.5 Å². The van der Waals surface area contributed by atoms with Crippen LogP contribution in [0.1, 0.15) is 0 Å². The van der Waals surface area contributed by atoms with E-state index < -0.39 is 0 Å². The van der Waals surface area contributed by atoms with Gasteiger partial charge in [0.2, 0.25) is 0 Å². The van der Waals surface area contributed by atoms with Gasteiger partial charge in [0.25, 0.3) is 0 Å². The molecule has 0 bridgehead atoms. The molecule has 2 rings (SSSR count). The SMILES string of the molecule is Nc1cc(Br)nc(Oc2ccc(F)cc2Br)n1. The summed E-state index contributed by atoms with van der Waals surface area (Å²) in [6.45, 7) is 0. The fraction of sp³-hybridized carbons (Fsp3) is 0. The van der Waals surface area contributed by atoms with E-state index in [-0.39, 0.29) is 17.6 Å². The maximum atomic E-state index is 12.9. The Morgan fingerprint density at radius 2 is 1.94 bits per heavy atom. The first-order valence-electron chi connectivity index (χ1n) is 4.47. The second-order valence-corrected chi connectivity index (χ2v) is 4.74. The topological polar surface area (TPSA) is 61.0 Å². The second-order valence-electron chi connectivity index (χ2n) is 3.07. The monoisotopic (exact) mass is 361 g/mol. The van der Waals surface area contributed by atoms with E-state index in [2.05, 4.69) is 41.8 Å². The van der Waals surface area contributed by atoms with Gasteiger partial charge in [0.05, 0.1) is 4.47 Å². The van der Waals surface area contributed by atoms with Gasteiger partial charge in [-0.25, -0.2) is 4.39 Å². The van der Waals surface area contributed by atoms with Crippen molar-refractivity contribution >= 4 is 37.7 Å². The molecule has 0 unspecified atom stereocenters. The van der Waals surface area contributed by atoms with Gasteiger partial charge in [0.1, 0.15) is 22.0 Å². The normalized spacial score (nSPS) is 10.3. The van der Waals surface area contributed by atoms with Crippen molar-refractivity contribution in [3.63, 3.8) is 0 Å². The zero-order chi connectivity index (χ0) is 12.4. The Morgan fingerprint density at radius 1 is 1.18 bits per heavy atom. The smallest absolute Gasteiger partial charge is 0.325 e. The van der Waals surface area contributed by atoms with Crippen LogP contribution in [0.25, 0.3) is 0 Å². The molecule has 7 heteroatoms. The number of nitrogens with two attached hydrogens (primary N) is 1. The van der Waals surface area contributed by atoms with Gasteiger partial charge in [-0.15, -0.1) is 0 Å². The second kappa shape index (κ2) is 4.97. The number of hydrogen-bond donors (Lipinski definition) is 1. The van der Waals surface area contributed by atoms with Gasteiger partial charge in [-0.05, 0) is 50.1 Å². The fourth-order valence-electron chi connectivity index (χ4n) is 1.12. The molecule has 2 aromatic rings. The number of rotatable bonds is 2. The van der Waals surface area contributed by atoms with Crippen LogP contribution in [0.3, 0.4) is 0 Å². The van der Waals surface area contributed by atoms with Crippen molar-refractivity contribution in [3.8, 4) is 11.8 Å². The molecule has 0 aliphatic rings. The minimum absolute atomic E-state index is 0.0872. The average Bonchev–Trinajstić information content (AvgIpc) is 2.21. The van der Waals surface area contributed by atoms with Gasteiger partial charge >= 0.3 is 6.01 Å². The van der Waals surface area contributed by atoms with Crippen LogP contribution in [-0.2, 0) is 0 Å². The number of aromatic nitrogens is 2. The predicted octanol–water partition coefficient (Wildman–Crippen LogP) is 3.52. The van der Waals surface area contributed by atoms with Crippen molar-refractivity contribution < 1.29 is 9.13 Å². The Kier molecular flexibility index (Phi) is 3.58. The highest BCUT2D eigenvalue weighted by molar-refractivity contribution is 9.10. The lowest BCUT2D eigenvalue weighted by Gasteiger charge is -2.06. The zero-order valence-corrected chi connectivity index (χ0v) is 11.5. The van der Waals surface area contributed by atoms with E-state index >= 15 is 0 Å². The highest BCUT2D eigenvalue weighted by atomic mass is 79.9. The van der Waals surface area contributed by atoms with Crippen molar-refractivity contribution in [3.05, 3.63) is 39.2 Å². The van der Waals surface area contributed by atoms with E-state index in [9.17, 15) is 4.39 Å². The molecule has 1 aromatic carbocycles. The summed E-state index contributed by atoms with van der Waals surface area (Å²) in [5.74, 6) is 0.322. The maximum absolute atomic E-state index is 12.9. The molecule has 17 heavy (non-hydrogen) atoms. The van der Waals surface area contributed by atoms with Crippen LogP contribution < -0.4 is 10.5 Å². The van der Waals surface area contributed by atoms with E-state index in [0.717, 1.165) is 0 Å². The molecule has 88 valence electrons. The minimum atomic E-state index is -0.362. The molecule has 4 nitrogen and oxygen atoms in total. The van der Waals surface area contributed by atoms with E-state index in [0.29, 0.717) is 14.8 Å². The van der Waals surface area contributed by atoms with Crippen LogP contribution in [0.5, 0.6) is 11.8 Å². The molecule has 0 amide bonds. The van der Waals surface area contributed by atoms with E-state index in [1.807, 2.05) is 0 Å². The predicted molar refractivity (Wildman–Crippen MR) is 68.3 cm³/mol. The molecule has 0 spiro atoms. The molecule has 0 aliphatic heterocycles. The first-order valence-corrected chi connectivity index (χ1v) is 6.06. The molecule has 1 aromatic heterocycles. The molecule has 0 saturated carbocycles. The van der Waals surface area contributed by atoms with Crippen molar-refractivity contribution in [1.29, 1.82) is 0 Å². The molecule has 0 fully saturated rings. The van der Waals surface area contributed by atoms with Crippen molar-refractivity contribution in [1.82, 2.24) is 9.97 Å². The number of hydrogen-bond acceptors (Lipinski definition) is 4. The van der Waals surface area contributed by atoms with Gasteiger partial charge in [-0.1, -0.05) is 0 Å². The number of ether oxygens (including phenoxy) is 1. The molecule has 1 heterocycles. The fourth-order valence-corrected chi connectivity index (χ4v) is 1.93. The molecule has 0 saturated heterocycles. The van der Waals surface area contributed by atoms with E-state index in [1.54, 1.807) is 6.07 Å². The van der Waals surface area contributed by atoms with Gasteiger partial charge in [0, 0.05) is 6.07 Å². The highest BCUT2D eigenvalue weighted by Gasteiger charge is 2.07. The Bertz CT molecular complexity index is 545. The third-order valence-electron chi connectivity index (χ3n) is 1.79. The molecule has 0 radical (unpaired) electrons. The Labute approximate surface area is 113 Å². The maximum Gasteiger partial charge on any atom is 0.325 e. The highest BCUT2D eigenvalue weighted by Crippen LogP contribution is 2.29. The van der Waals surface area contributed by atoms with Crippen LogP contribution in [-0.4, -0.2) is 9.97 Å². The first kappa shape index (κ1) is 12.3. The summed E-state index contributed by atoms with van der Waals surface area (Å²) in [4.78, 5) is 7.87. The lowest BCUT2D eigenvalue weighted by Crippen LogP contribution is -1.97. The largest absolute Gasteiger partial charge is 0.423 e. The van der Waals surface area contributed by atoms with Crippen LogP contribution in [0.4, 0.5) is 10.2 Å². The lowest BCUT2D eigenvalue weighted by molar-refractivity contribution is 0.437. The van der Waals surface area contributed by atoms with Crippen LogP contribution in [0, 0.1) is 5.82 Å². The van der Waals surface area contributed by atoms with Crippen LogP contribution in [0.2, 0.25) is 0 Å². The summed E-state index contributed by atoms with van der Waals surface area (Å²) in [5.41, 5.74) is 5.54. The van der Waals surface area contributed by atoms with Crippen LogP contribution >= 0.6 is 31.9 Å².